The van der Waals surface area contributed by atoms with Crippen LogP contribution in [0, 0.1) is 6.92 Å². The summed E-state index contributed by atoms with van der Waals surface area (Å²) >= 11 is 0. The number of aromatic hydroxyl groups is 1. The molecule has 1 rings (SSSR count). The lowest BCUT2D eigenvalue weighted by Crippen LogP contribution is -2.35. The first-order valence-electron chi connectivity index (χ1n) is 6.26. The predicted octanol–water partition coefficient (Wildman–Crippen LogP) is 1.66. The number of phenols is 1. The fourth-order valence-electron chi connectivity index (χ4n) is 1.75. The van der Waals surface area contributed by atoms with E-state index in [9.17, 15) is 9.90 Å². The van der Waals surface area contributed by atoms with E-state index in [2.05, 4.69) is 5.32 Å². The molecule has 0 saturated carbocycles. The van der Waals surface area contributed by atoms with Crippen molar-refractivity contribution in [3.63, 3.8) is 0 Å². The molecule has 1 aromatic carbocycles. The number of hydrogen-bond donors (Lipinski definition) is 2. The molecule has 1 amide bonds. The molecular formula is C14H22N2O2. The molecule has 0 unspecified atom stereocenters. The summed E-state index contributed by atoms with van der Waals surface area (Å²) in [7, 11) is 1.87. The highest BCUT2D eigenvalue weighted by molar-refractivity contribution is 5.77. The van der Waals surface area contributed by atoms with Crippen molar-refractivity contribution in [3.05, 3.63) is 29.3 Å². The van der Waals surface area contributed by atoms with Crippen LogP contribution in [0.2, 0.25) is 0 Å². The Balaban J connectivity index is 2.51. The van der Waals surface area contributed by atoms with Crippen LogP contribution in [0.25, 0.3) is 0 Å². The number of nitrogens with zero attached hydrogens (tertiary/aromatic N) is 1. The van der Waals surface area contributed by atoms with E-state index in [4.69, 9.17) is 0 Å². The van der Waals surface area contributed by atoms with E-state index in [1.807, 2.05) is 37.9 Å². The second kappa shape index (κ2) is 7.01. The molecule has 0 heterocycles. The minimum absolute atomic E-state index is 0.0199. The fraction of sp³-hybridized carbons (Fsp3) is 0.500. The molecule has 0 aliphatic carbocycles. The molecule has 0 saturated heterocycles. The smallest absolute Gasteiger partial charge is 0.234 e. The van der Waals surface area contributed by atoms with Gasteiger partial charge in [-0.1, -0.05) is 24.6 Å². The number of rotatable bonds is 6. The molecular weight excluding hydrogens is 228 g/mol. The summed E-state index contributed by atoms with van der Waals surface area (Å²) in [6.45, 7) is 5.62. The molecule has 0 atom stereocenters. The highest BCUT2D eigenvalue weighted by Crippen LogP contribution is 2.19. The van der Waals surface area contributed by atoms with E-state index in [1.54, 1.807) is 6.07 Å². The molecule has 0 spiro atoms. The average Bonchev–Trinajstić information content (AvgIpc) is 2.31. The van der Waals surface area contributed by atoms with E-state index < -0.39 is 0 Å². The summed E-state index contributed by atoms with van der Waals surface area (Å²) in [5.74, 6) is 0.299. The van der Waals surface area contributed by atoms with Crippen molar-refractivity contribution < 1.29 is 9.90 Å². The number of hydrogen-bond acceptors (Lipinski definition) is 3. The Kier molecular flexibility index (Phi) is 5.65. The van der Waals surface area contributed by atoms with Crippen molar-refractivity contribution in [1.82, 2.24) is 10.2 Å². The van der Waals surface area contributed by atoms with Crippen LogP contribution in [0.15, 0.2) is 18.2 Å². The van der Waals surface area contributed by atoms with Gasteiger partial charge in [-0.15, -0.1) is 0 Å². The number of benzene rings is 1. The number of nitrogens with one attached hydrogen (secondary N) is 1. The van der Waals surface area contributed by atoms with Crippen LogP contribution in [0.4, 0.5) is 0 Å². The van der Waals surface area contributed by atoms with Gasteiger partial charge in [0.1, 0.15) is 5.75 Å². The number of likely N-dealkylation sites (N-methyl/N-ethyl adjacent to an activating group) is 1. The summed E-state index contributed by atoms with van der Waals surface area (Å²) in [6.07, 6.45) is 0.939. The Morgan fingerprint density at radius 1 is 1.44 bits per heavy atom. The molecule has 100 valence electrons. The lowest BCUT2D eigenvalue weighted by atomic mass is 10.1. The van der Waals surface area contributed by atoms with Crippen molar-refractivity contribution >= 4 is 5.91 Å². The molecule has 18 heavy (non-hydrogen) atoms. The van der Waals surface area contributed by atoms with Gasteiger partial charge in [-0.3, -0.25) is 9.69 Å². The van der Waals surface area contributed by atoms with Crippen LogP contribution >= 0.6 is 0 Å². The highest BCUT2D eigenvalue weighted by atomic mass is 16.3. The van der Waals surface area contributed by atoms with Gasteiger partial charge in [-0.25, -0.2) is 0 Å². The molecule has 4 nitrogen and oxygen atoms in total. The minimum Gasteiger partial charge on any atom is -0.508 e. The minimum atomic E-state index is 0.0199. The summed E-state index contributed by atoms with van der Waals surface area (Å²) in [5, 5.41) is 12.6. The Hall–Kier alpha value is -1.55. The lowest BCUT2D eigenvalue weighted by Gasteiger charge is -2.17. The number of phenolic OH excluding ortho intramolecular Hbond substituents is 1. The van der Waals surface area contributed by atoms with Gasteiger partial charge in [-0.2, -0.15) is 0 Å². The van der Waals surface area contributed by atoms with Gasteiger partial charge in [0.2, 0.25) is 5.91 Å². The van der Waals surface area contributed by atoms with Gasteiger partial charge in [-0.05, 0) is 26.5 Å². The van der Waals surface area contributed by atoms with Crippen molar-refractivity contribution in [1.29, 1.82) is 0 Å². The van der Waals surface area contributed by atoms with E-state index in [-0.39, 0.29) is 11.7 Å². The first-order chi connectivity index (χ1) is 8.52. The molecule has 2 N–H and O–H groups in total. The van der Waals surface area contributed by atoms with E-state index in [0.29, 0.717) is 19.6 Å². The van der Waals surface area contributed by atoms with Crippen molar-refractivity contribution in [3.8, 4) is 5.75 Å². The maximum Gasteiger partial charge on any atom is 0.234 e. The normalized spacial score (nSPS) is 10.7. The van der Waals surface area contributed by atoms with Crippen LogP contribution < -0.4 is 5.32 Å². The average molecular weight is 250 g/mol. The SMILES string of the molecule is CCCNC(=O)CN(C)Cc1cc(C)ccc1O. The number of aryl methyl sites for hydroxylation is 1. The van der Waals surface area contributed by atoms with Gasteiger partial charge < -0.3 is 10.4 Å². The second-order valence-electron chi connectivity index (χ2n) is 4.65. The van der Waals surface area contributed by atoms with E-state index in [1.165, 1.54) is 0 Å². The number of amides is 1. The molecule has 1 aromatic rings. The van der Waals surface area contributed by atoms with Crippen molar-refractivity contribution in [2.45, 2.75) is 26.8 Å². The molecule has 0 radical (unpaired) electrons. The first-order valence-corrected chi connectivity index (χ1v) is 6.26. The Morgan fingerprint density at radius 3 is 2.83 bits per heavy atom. The molecule has 0 aliphatic heterocycles. The van der Waals surface area contributed by atoms with Gasteiger partial charge in [0.05, 0.1) is 6.54 Å². The predicted molar refractivity (Wildman–Crippen MR) is 72.5 cm³/mol. The van der Waals surface area contributed by atoms with Crippen LogP contribution in [0.5, 0.6) is 5.75 Å². The van der Waals surface area contributed by atoms with Crippen LogP contribution in [-0.4, -0.2) is 36.1 Å². The summed E-state index contributed by atoms with van der Waals surface area (Å²) in [5.41, 5.74) is 1.95. The third-order valence-corrected chi connectivity index (χ3v) is 2.66. The van der Waals surface area contributed by atoms with Crippen molar-refractivity contribution in [2.24, 2.45) is 0 Å². The van der Waals surface area contributed by atoms with Gasteiger partial charge >= 0.3 is 0 Å². The summed E-state index contributed by atoms with van der Waals surface area (Å²) in [6, 6.07) is 5.50. The molecule has 0 fully saturated rings. The Labute approximate surface area is 109 Å². The third-order valence-electron chi connectivity index (χ3n) is 2.66. The Morgan fingerprint density at radius 2 is 2.17 bits per heavy atom. The topological polar surface area (TPSA) is 52.6 Å². The quantitative estimate of drug-likeness (QED) is 0.807. The first kappa shape index (κ1) is 14.5. The van der Waals surface area contributed by atoms with Gasteiger partial charge in [0.25, 0.3) is 0 Å². The maximum atomic E-state index is 11.5. The van der Waals surface area contributed by atoms with Crippen LogP contribution in [0.3, 0.4) is 0 Å². The molecule has 4 heteroatoms. The zero-order valence-electron chi connectivity index (χ0n) is 11.4. The standard InChI is InChI=1S/C14H22N2O2/c1-4-7-15-14(18)10-16(3)9-12-8-11(2)5-6-13(12)17/h5-6,8,17H,4,7,9-10H2,1-3H3,(H,15,18). The monoisotopic (exact) mass is 250 g/mol. The summed E-state index contributed by atoms with van der Waals surface area (Å²) in [4.78, 5) is 13.4. The second-order valence-corrected chi connectivity index (χ2v) is 4.65. The zero-order valence-corrected chi connectivity index (χ0v) is 11.4. The van der Waals surface area contributed by atoms with Gasteiger partial charge in [0.15, 0.2) is 0 Å². The van der Waals surface area contributed by atoms with Crippen LogP contribution in [-0.2, 0) is 11.3 Å². The van der Waals surface area contributed by atoms with Crippen molar-refractivity contribution in [2.75, 3.05) is 20.1 Å². The van der Waals surface area contributed by atoms with Crippen LogP contribution in [0.1, 0.15) is 24.5 Å². The Bertz CT molecular complexity index is 405. The molecule has 0 aliphatic rings. The number of carbonyl (C=O) groups is 1. The van der Waals surface area contributed by atoms with E-state index in [0.717, 1.165) is 17.5 Å². The molecule has 0 aromatic heterocycles. The maximum absolute atomic E-state index is 11.5. The summed E-state index contributed by atoms with van der Waals surface area (Å²) < 4.78 is 0. The number of carbonyl (C=O) groups excluding carboxylic acids is 1. The highest BCUT2D eigenvalue weighted by Gasteiger charge is 2.09. The lowest BCUT2D eigenvalue weighted by molar-refractivity contribution is -0.122. The fourth-order valence-corrected chi connectivity index (χ4v) is 1.75. The third kappa shape index (κ3) is 4.75. The largest absolute Gasteiger partial charge is 0.508 e. The van der Waals surface area contributed by atoms with Gasteiger partial charge in [0, 0.05) is 18.7 Å². The zero-order chi connectivity index (χ0) is 13.5. The molecule has 0 bridgehead atoms. The van der Waals surface area contributed by atoms with E-state index >= 15 is 0 Å².